The van der Waals surface area contributed by atoms with Gasteiger partial charge in [-0.1, -0.05) is 42.5 Å². The van der Waals surface area contributed by atoms with Crippen LogP contribution in [0.3, 0.4) is 0 Å². The Bertz CT molecular complexity index is 999. The molecule has 0 spiro atoms. The van der Waals surface area contributed by atoms with Crippen molar-refractivity contribution in [2.24, 2.45) is 0 Å². The van der Waals surface area contributed by atoms with E-state index in [1.807, 2.05) is 55.5 Å². The second kappa shape index (κ2) is 8.37. The zero-order valence-electron chi connectivity index (χ0n) is 16.7. The number of rotatable bonds is 7. The molecule has 0 bridgehead atoms. The quantitative estimate of drug-likeness (QED) is 0.489. The van der Waals surface area contributed by atoms with Crippen molar-refractivity contribution in [2.45, 2.75) is 31.8 Å². The van der Waals surface area contributed by atoms with E-state index in [9.17, 15) is 5.11 Å². The lowest BCUT2D eigenvalue weighted by Gasteiger charge is -2.37. The van der Waals surface area contributed by atoms with Crippen LogP contribution in [0.25, 0.3) is 11.0 Å². The van der Waals surface area contributed by atoms with Crippen LogP contribution in [0.15, 0.2) is 55.1 Å². The molecule has 152 valence electrons. The van der Waals surface area contributed by atoms with Crippen molar-refractivity contribution in [2.75, 3.05) is 20.3 Å². The number of aliphatic hydroxyl groups is 1. The Balaban J connectivity index is 1.83. The van der Waals surface area contributed by atoms with Crippen LogP contribution in [0.1, 0.15) is 29.2 Å². The second-order valence-corrected chi connectivity index (χ2v) is 7.13. The van der Waals surface area contributed by atoms with Gasteiger partial charge >= 0.3 is 0 Å². The van der Waals surface area contributed by atoms with Gasteiger partial charge in [-0.2, -0.15) is 0 Å². The van der Waals surface area contributed by atoms with Crippen LogP contribution >= 0.6 is 0 Å². The third-order valence-corrected chi connectivity index (χ3v) is 5.29. The monoisotopic (exact) mass is 394 g/mol. The van der Waals surface area contributed by atoms with Crippen LogP contribution in [0.5, 0.6) is 5.75 Å². The fraction of sp³-hybridized carbons (Fsp3) is 0.348. The number of aliphatic hydroxyl groups excluding tert-OH is 1. The van der Waals surface area contributed by atoms with Gasteiger partial charge in [0.15, 0.2) is 11.9 Å². The Morgan fingerprint density at radius 1 is 1.21 bits per heavy atom. The lowest BCUT2D eigenvalue weighted by atomic mass is 9.91. The van der Waals surface area contributed by atoms with Crippen molar-refractivity contribution in [1.29, 1.82) is 0 Å². The maximum Gasteiger partial charge on any atom is 0.154 e. The molecule has 0 amide bonds. The highest BCUT2D eigenvalue weighted by atomic mass is 16.5. The molecule has 0 radical (unpaired) electrons. The average Bonchev–Trinajstić information content (AvgIpc) is 3.06. The van der Waals surface area contributed by atoms with Gasteiger partial charge in [-0.25, -0.2) is 4.98 Å². The summed E-state index contributed by atoms with van der Waals surface area (Å²) in [7, 11) is 1.63. The van der Waals surface area contributed by atoms with E-state index >= 15 is 0 Å². The molecule has 4 rings (SSSR count). The van der Waals surface area contributed by atoms with Gasteiger partial charge < -0.3 is 23.9 Å². The topological polar surface area (TPSA) is 65.7 Å². The second-order valence-electron chi connectivity index (χ2n) is 7.13. The Hall–Kier alpha value is -2.67. The van der Waals surface area contributed by atoms with Crippen molar-refractivity contribution in [1.82, 2.24) is 9.55 Å². The van der Waals surface area contributed by atoms with E-state index in [0.717, 1.165) is 28.0 Å². The van der Waals surface area contributed by atoms with Crippen molar-refractivity contribution in [3.8, 4) is 5.75 Å². The molecule has 1 aromatic heterocycles. The standard InChI is InChI=1S/C23H26N2O4/c1-4-12-25-15(2)24-19-18(25)11-10-17-22(19)29-21(16-8-6-5-7-9-16)20(26)23(17)28-14-13-27-3/h4-11,20-21,23,26H,1,12-14H2,2-3H3/t20-,21-,23-/m1/s1. The summed E-state index contributed by atoms with van der Waals surface area (Å²) < 4.78 is 19.6. The summed E-state index contributed by atoms with van der Waals surface area (Å²) in [5.74, 6) is 1.55. The Morgan fingerprint density at radius 3 is 2.72 bits per heavy atom. The molecule has 3 aromatic rings. The van der Waals surface area contributed by atoms with Crippen LogP contribution in [0.2, 0.25) is 0 Å². The van der Waals surface area contributed by atoms with Gasteiger partial charge in [0.25, 0.3) is 0 Å². The van der Waals surface area contributed by atoms with Gasteiger partial charge in [0.05, 0.1) is 18.7 Å². The minimum Gasteiger partial charge on any atom is -0.480 e. The molecule has 1 N–H and O–H groups in total. The van der Waals surface area contributed by atoms with Crippen molar-refractivity contribution in [3.05, 3.63) is 72.1 Å². The predicted octanol–water partition coefficient (Wildman–Crippen LogP) is 3.73. The summed E-state index contributed by atoms with van der Waals surface area (Å²) in [4.78, 5) is 4.76. The Kier molecular flexibility index (Phi) is 5.67. The molecule has 1 aliphatic heterocycles. The fourth-order valence-corrected chi connectivity index (χ4v) is 3.90. The molecule has 0 fully saturated rings. The van der Waals surface area contributed by atoms with E-state index in [0.29, 0.717) is 25.5 Å². The van der Waals surface area contributed by atoms with Crippen LogP contribution in [-0.2, 0) is 16.0 Å². The molecular formula is C23H26N2O4. The van der Waals surface area contributed by atoms with Gasteiger partial charge in [-0.15, -0.1) is 6.58 Å². The largest absolute Gasteiger partial charge is 0.480 e. The minimum absolute atomic E-state index is 0.376. The van der Waals surface area contributed by atoms with E-state index in [2.05, 4.69) is 11.1 Å². The molecule has 2 heterocycles. The van der Waals surface area contributed by atoms with Crippen molar-refractivity contribution < 1.29 is 19.3 Å². The highest BCUT2D eigenvalue weighted by molar-refractivity contribution is 5.85. The highest BCUT2D eigenvalue weighted by Crippen LogP contribution is 2.46. The van der Waals surface area contributed by atoms with E-state index < -0.39 is 18.3 Å². The molecule has 29 heavy (non-hydrogen) atoms. The average molecular weight is 394 g/mol. The number of aryl methyl sites for hydroxylation is 1. The predicted molar refractivity (Wildman–Crippen MR) is 111 cm³/mol. The SMILES string of the molecule is C=CCn1c(C)nc2c3c(ccc21)[C@@H](OCCOC)[C@H](O)[C@@H](c1ccccc1)O3. The summed E-state index contributed by atoms with van der Waals surface area (Å²) in [6.45, 7) is 7.30. The first kappa shape index (κ1) is 19.6. The number of benzene rings is 2. The molecule has 0 saturated heterocycles. The molecule has 6 heteroatoms. The molecule has 2 aromatic carbocycles. The number of methoxy groups -OCH3 is 1. The van der Waals surface area contributed by atoms with E-state index in [1.165, 1.54) is 0 Å². The minimum atomic E-state index is -0.851. The lowest BCUT2D eigenvalue weighted by Crippen LogP contribution is -2.36. The molecule has 6 nitrogen and oxygen atoms in total. The molecular weight excluding hydrogens is 368 g/mol. The number of ether oxygens (including phenoxy) is 3. The normalized spacial score (nSPS) is 21.0. The maximum absolute atomic E-state index is 11.1. The summed E-state index contributed by atoms with van der Waals surface area (Å²) >= 11 is 0. The number of aromatic nitrogens is 2. The summed E-state index contributed by atoms with van der Waals surface area (Å²) in [6.07, 6.45) is -0.0858. The van der Waals surface area contributed by atoms with E-state index in [4.69, 9.17) is 19.2 Å². The van der Waals surface area contributed by atoms with Crippen LogP contribution in [0, 0.1) is 6.92 Å². The van der Waals surface area contributed by atoms with Crippen molar-refractivity contribution in [3.63, 3.8) is 0 Å². The van der Waals surface area contributed by atoms with Gasteiger partial charge in [0, 0.05) is 19.2 Å². The van der Waals surface area contributed by atoms with Gasteiger partial charge in [0.2, 0.25) is 0 Å². The van der Waals surface area contributed by atoms with Crippen LogP contribution in [0.4, 0.5) is 0 Å². The first-order valence-electron chi connectivity index (χ1n) is 9.76. The van der Waals surface area contributed by atoms with Gasteiger partial charge in [-0.3, -0.25) is 0 Å². The Morgan fingerprint density at radius 2 is 2.00 bits per heavy atom. The highest BCUT2D eigenvalue weighted by Gasteiger charge is 2.40. The van der Waals surface area contributed by atoms with Crippen LogP contribution < -0.4 is 4.74 Å². The number of allylic oxidation sites excluding steroid dienone is 1. The molecule has 1 aliphatic rings. The van der Waals surface area contributed by atoms with Gasteiger partial charge in [0.1, 0.15) is 23.5 Å². The summed E-state index contributed by atoms with van der Waals surface area (Å²) in [5, 5.41) is 11.1. The number of nitrogens with zero attached hydrogens (tertiary/aromatic N) is 2. The maximum atomic E-state index is 11.1. The molecule has 3 atom stereocenters. The number of fused-ring (bicyclic) bond motifs is 3. The molecule has 0 unspecified atom stereocenters. The molecule has 0 aliphatic carbocycles. The smallest absolute Gasteiger partial charge is 0.154 e. The Labute approximate surface area is 170 Å². The molecule has 0 saturated carbocycles. The third-order valence-electron chi connectivity index (χ3n) is 5.29. The fourth-order valence-electron chi connectivity index (χ4n) is 3.90. The zero-order chi connectivity index (χ0) is 20.4. The first-order valence-corrected chi connectivity index (χ1v) is 9.76. The van der Waals surface area contributed by atoms with Crippen LogP contribution in [-0.4, -0.2) is 41.1 Å². The van der Waals surface area contributed by atoms with E-state index in [-0.39, 0.29) is 0 Å². The van der Waals surface area contributed by atoms with Gasteiger partial charge in [-0.05, 0) is 18.6 Å². The number of hydrogen-bond acceptors (Lipinski definition) is 5. The first-order chi connectivity index (χ1) is 14.2. The lowest BCUT2D eigenvalue weighted by molar-refractivity contribution is -0.108. The number of imidazole rings is 1. The zero-order valence-corrected chi connectivity index (χ0v) is 16.7. The van der Waals surface area contributed by atoms with E-state index in [1.54, 1.807) is 7.11 Å². The third kappa shape index (κ3) is 3.55. The summed E-state index contributed by atoms with van der Waals surface area (Å²) in [6, 6.07) is 13.7. The number of hydrogen-bond donors (Lipinski definition) is 1. The summed E-state index contributed by atoms with van der Waals surface area (Å²) in [5.41, 5.74) is 3.44. The van der Waals surface area contributed by atoms with Crippen molar-refractivity contribution >= 4 is 11.0 Å².